The number of benzene rings is 1. The number of carbonyl (C=O) groups excluding carboxylic acids is 1. The van der Waals surface area contributed by atoms with Crippen molar-refractivity contribution in [3.63, 3.8) is 0 Å². The van der Waals surface area contributed by atoms with Crippen LogP contribution in [-0.2, 0) is 14.8 Å². The van der Waals surface area contributed by atoms with Gasteiger partial charge in [-0.1, -0.05) is 12.1 Å². The third kappa shape index (κ3) is 3.58. The Bertz CT molecular complexity index is 1230. The highest BCUT2D eigenvalue weighted by molar-refractivity contribution is 7.93. The fourth-order valence-corrected chi connectivity index (χ4v) is 4.61. The molecule has 0 amide bonds. The highest BCUT2D eigenvalue weighted by Crippen LogP contribution is 2.33. The van der Waals surface area contributed by atoms with Gasteiger partial charge in [0.25, 0.3) is 0 Å². The molecule has 0 radical (unpaired) electrons. The zero-order valence-corrected chi connectivity index (χ0v) is 17.7. The van der Waals surface area contributed by atoms with E-state index in [1.807, 2.05) is 19.1 Å². The van der Waals surface area contributed by atoms with Crippen LogP contribution in [0.15, 0.2) is 30.5 Å². The molecular formula is C20H22N4O5S. The van der Waals surface area contributed by atoms with Crippen molar-refractivity contribution >= 4 is 32.7 Å². The van der Waals surface area contributed by atoms with Gasteiger partial charge >= 0.3 is 5.97 Å². The summed E-state index contributed by atoms with van der Waals surface area (Å²) in [6.07, 6.45) is 2.46. The molecule has 158 valence electrons. The van der Waals surface area contributed by atoms with Gasteiger partial charge in [-0.05, 0) is 44.4 Å². The molecule has 0 spiro atoms. The number of pyridine rings is 1. The molecule has 1 saturated carbocycles. The number of aromatic nitrogens is 3. The zero-order valence-electron chi connectivity index (χ0n) is 16.9. The molecule has 0 bridgehead atoms. The van der Waals surface area contributed by atoms with E-state index >= 15 is 0 Å². The number of rotatable bonds is 7. The molecule has 0 atom stereocenters. The Labute approximate surface area is 174 Å². The van der Waals surface area contributed by atoms with E-state index in [1.54, 1.807) is 26.2 Å². The number of ether oxygens (including phenoxy) is 2. The lowest BCUT2D eigenvalue weighted by Crippen LogP contribution is -2.22. The molecule has 0 saturated heterocycles. The van der Waals surface area contributed by atoms with Gasteiger partial charge in [0.2, 0.25) is 10.0 Å². The second-order valence-electron chi connectivity index (χ2n) is 7.04. The summed E-state index contributed by atoms with van der Waals surface area (Å²) in [6.45, 7) is 3.75. The van der Waals surface area contributed by atoms with Gasteiger partial charge in [-0.25, -0.2) is 18.2 Å². The molecule has 2 aromatic heterocycles. The second kappa shape index (κ2) is 7.60. The van der Waals surface area contributed by atoms with E-state index < -0.39 is 21.2 Å². The number of hydrogen-bond acceptors (Lipinski definition) is 7. The molecule has 1 aliphatic carbocycles. The average Bonchev–Trinajstić information content (AvgIpc) is 3.50. The van der Waals surface area contributed by atoms with Crippen LogP contribution < -0.4 is 9.46 Å². The van der Waals surface area contributed by atoms with Crippen LogP contribution in [-0.4, -0.2) is 48.1 Å². The SMILES string of the molecule is CCOC(=O)c1cnn(-c2cc(C)c3cccc(OC)c3n2)c1NS(=O)(=O)C1CC1. The number of para-hydroxylation sites is 1. The highest BCUT2D eigenvalue weighted by Gasteiger charge is 2.37. The van der Waals surface area contributed by atoms with Crippen LogP contribution in [0.5, 0.6) is 5.75 Å². The first-order valence-electron chi connectivity index (χ1n) is 9.57. The van der Waals surface area contributed by atoms with Crippen LogP contribution in [0.1, 0.15) is 35.7 Å². The van der Waals surface area contributed by atoms with Crippen molar-refractivity contribution in [3.8, 4) is 11.6 Å². The molecule has 9 nitrogen and oxygen atoms in total. The second-order valence-corrected chi connectivity index (χ2v) is 9.00. The van der Waals surface area contributed by atoms with E-state index in [0.29, 0.717) is 29.9 Å². The minimum atomic E-state index is -3.65. The van der Waals surface area contributed by atoms with E-state index in [-0.39, 0.29) is 18.0 Å². The molecule has 10 heteroatoms. The van der Waals surface area contributed by atoms with Gasteiger partial charge in [0.1, 0.15) is 16.8 Å². The Morgan fingerprint density at radius 2 is 2.10 bits per heavy atom. The van der Waals surface area contributed by atoms with Gasteiger partial charge in [0, 0.05) is 5.39 Å². The molecule has 1 N–H and O–H groups in total. The number of sulfonamides is 1. The smallest absolute Gasteiger partial charge is 0.343 e. The van der Waals surface area contributed by atoms with Gasteiger partial charge in [0.05, 0.1) is 25.2 Å². The van der Waals surface area contributed by atoms with Gasteiger partial charge in [-0.15, -0.1) is 0 Å². The summed E-state index contributed by atoms with van der Waals surface area (Å²) in [6, 6.07) is 7.37. The molecule has 1 aliphatic rings. The number of anilines is 1. The lowest BCUT2D eigenvalue weighted by molar-refractivity contribution is 0.0527. The maximum absolute atomic E-state index is 12.6. The van der Waals surface area contributed by atoms with E-state index in [4.69, 9.17) is 9.47 Å². The summed E-state index contributed by atoms with van der Waals surface area (Å²) in [5.41, 5.74) is 1.54. The van der Waals surface area contributed by atoms with Gasteiger partial charge < -0.3 is 9.47 Å². The molecule has 0 aliphatic heterocycles. The number of carbonyl (C=O) groups is 1. The molecule has 4 rings (SSSR count). The quantitative estimate of drug-likeness (QED) is 0.574. The fraction of sp³-hybridized carbons (Fsp3) is 0.350. The van der Waals surface area contributed by atoms with Crippen molar-refractivity contribution in [1.82, 2.24) is 14.8 Å². The zero-order chi connectivity index (χ0) is 21.5. The topological polar surface area (TPSA) is 112 Å². The Morgan fingerprint density at radius 3 is 2.77 bits per heavy atom. The maximum atomic E-state index is 12.6. The molecular weight excluding hydrogens is 408 g/mol. The number of nitrogens with zero attached hydrogens (tertiary/aromatic N) is 3. The van der Waals surface area contributed by atoms with E-state index in [0.717, 1.165) is 10.9 Å². The maximum Gasteiger partial charge on any atom is 0.343 e. The van der Waals surface area contributed by atoms with Crippen molar-refractivity contribution in [2.24, 2.45) is 0 Å². The van der Waals surface area contributed by atoms with Crippen LogP contribution in [0, 0.1) is 6.92 Å². The van der Waals surface area contributed by atoms with E-state index in [1.165, 1.54) is 10.9 Å². The molecule has 0 unspecified atom stereocenters. The predicted octanol–water partition coefficient (Wildman–Crippen LogP) is 2.82. The average molecular weight is 430 g/mol. The van der Waals surface area contributed by atoms with Crippen molar-refractivity contribution in [3.05, 3.63) is 41.6 Å². The Balaban J connectivity index is 1.89. The normalized spacial score (nSPS) is 14.0. The fourth-order valence-electron chi connectivity index (χ4n) is 3.22. The Hall–Kier alpha value is -3.14. The van der Waals surface area contributed by atoms with Crippen LogP contribution in [0.3, 0.4) is 0 Å². The third-order valence-electron chi connectivity index (χ3n) is 4.90. The molecule has 1 aromatic carbocycles. The van der Waals surface area contributed by atoms with E-state index in [9.17, 15) is 13.2 Å². The lowest BCUT2D eigenvalue weighted by Gasteiger charge is -2.14. The molecule has 30 heavy (non-hydrogen) atoms. The third-order valence-corrected chi connectivity index (χ3v) is 6.73. The van der Waals surface area contributed by atoms with Crippen molar-refractivity contribution < 1.29 is 22.7 Å². The standard InChI is InChI=1S/C20H22N4O5S/c1-4-29-20(25)15-11-21-24(19(15)23-30(26,27)13-8-9-13)17-10-12(2)14-6-5-7-16(28-3)18(14)22-17/h5-7,10-11,13,23H,4,8-9H2,1-3H3. The number of methoxy groups -OCH3 is 1. The van der Waals surface area contributed by atoms with Crippen LogP contribution in [0.25, 0.3) is 16.7 Å². The summed E-state index contributed by atoms with van der Waals surface area (Å²) in [5.74, 6) is 0.290. The largest absolute Gasteiger partial charge is 0.494 e. The first kappa shape index (κ1) is 20.1. The highest BCUT2D eigenvalue weighted by atomic mass is 32.2. The number of fused-ring (bicyclic) bond motifs is 1. The Morgan fingerprint density at radius 1 is 1.33 bits per heavy atom. The number of aryl methyl sites for hydroxylation is 1. The molecule has 2 heterocycles. The van der Waals surface area contributed by atoms with E-state index in [2.05, 4.69) is 14.8 Å². The summed E-state index contributed by atoms with van der Waals surface area (Å²) < 4.78 is 39.6. The summed E-state index contributed by atoms with van der Waals surface area (Å²) in [4.78, 5) is 17.0. The summed E-state index contributed by atoms with van der Waals surface area (Å²) in [5, 5.41) is 4.67. The van der Waals surface area contributed by atoms with Gasteiger partial charge in [-0.3, -0.25) is 4.72 Å². The Kier molecular flexibility index (Phi) is 5.10. The van der Waals surface area contributed by atoms with Gasteiger partial charge in [0.15, 0.2) is 11.6 Å². The number of esters is 1. The van der Waals surface area contributed by atoms with Crippen molar-refractivity contribution in [1.29, 1.82) is 0 Å². The lowest BCUT2D eigenvalue weighted by atomic mass is 10.1. The number of nitrogens with one attached hydrogen (secondary N) is 1. The monoisotopic (exact) mass is 430 g/mol. The first-order valence-corrected chi connectivity index (χ1v) is 11.1. The molecule has 1 fully saturated rings. The minimum absolute atomic E-state index is 0.0153. The van der Waals surface area contributed by atoms with Gasteiger partial charge in [-0.2, -0.15) is 9.78 Å². The number of hydrogen-bond donors (Lipinski definition) is 1. The van der Waals surface area contributed by atoms with Crippen molar-refractivity contribution in [2.45, 2.75) is 31.9 Å². The first-order chi connectivity index (χ1) is 14.4. The van der Waals surface area contributed by atoms with Crippen LogP contribution in [0.4, 0.5) is 5.82 Å². The van der Waals surface area contributed by atoms with Crippen molar-refractivity contribution in [2.75, 3.05) is 18.4 Å². The summed E-state index contributed by atoms with van der Waals surface area (Å²) in [7, 11) is -2.09. The molecule has 3 aromatic rings. The van der Waals surface area contributed by atoms with Crippen LogP contribution in [0.2, 0.25) is 0 Å². The minimum Gasteiger partial charge on any atom is -0.494 e. The predicted molar refractivity (Wildman–Crippen MR) is 112 cm³/mol. The van der Waals surface area contributed by atoms with Crippen LogP contribution >= 0.6 is 0 Å². The summed E-state index contributed by atoms with van der Waals surface area (Å²) >= 11 is 0.